The van der Waals surface area contributed by atoms with E-state index in [1.165, 1.54) is 0 Å². The minimum atomic E-state index is -0.237. The molecule has 0 aromatic carbocycles. The lowest BCUT2D eigenvalue weighted by Crippen LogP contribution is -2.44. The molecule has 106 valence electrons. The van der Waals surface area contributed by atoms with Crippen LogP contribution in [-0.2, 0) is 0 Å². The zero-order valence-corrected chi connectivity index (χ0v) is 12.0. The van der Waals surface area contributed by atoms with Crippen LogP contribution in [-0.4, -0.2) is 52.8 Å². The molecule has 0 aromatic heterocycles. The summed E-state index contributed by atoms with van der Waals surface area (Å²) in [5, 5.41) is 19.4. The van der Waals surface area contributed by atoms with Gasteiger partial charge in [0.05, 0.1) is 6.10 Å². The van der Waals surface area contributed by atoms with Crippen LogP contribution in [0.3, 0.4) is 0 Å². The topological polar surface area (TPSA) is 43.7 Å². The minimum absolute atomic E-state index is 0.136. The van der Waals surface area contributed by atoms with Crippen LogP contribution in [0.25, 0.3) is 0 Å². The molecule has 0 bridgehead atoms. The van der Waals surface area contributed by atoms with Gasteiger partial charge >= 0.3 is 0 Å². The van der Waals surface area contributed by atoms with E-state index in [1.54, 1.807) is 0 Å². The van der Waals surface area contributed by atoms with E-state index in [2.05, 4.69) is 11.8 Å². The predicted molar refractivity (Wildman–Crippen MR) is 73.8 cm³/mol. The molecule has 18 heavy (non-hydrogen) atoms. The molecule has 0 aromatic rings. The van der Waals surface area contributed by atoms with Gasteiger partial charge < -0.3 is 15.1 Å². The highest BCUT2D eigenvalue weighted by molar-refractivity contribution is 6.20. The summed E-state index contributed by atoms with van der Waals surface area (Å²) in [5.74, 6) is 1.37. The van der Waals surface area contributed by atoms with Crippen molar-refractivity contribution in [1.82, 2.24) is 4.90 Å². The molecule has 1 heterocycles. The molecule has 1 aliphatic heterocycles. The van der Waals surface area contributed by atoms with E-state index in [1.807, 2.05) is 0 Å². The molecule has 4 unspecified atom stereocenters. The van der Waals surface area contributed by atoms with Gasteiger partial charge in [-0.15, -0.1) is 11.6 Å². The third kappa shape index (κ3) is 3.60. The van der Waals surface area contributed by atoms with Crippen molar-refractivity contribution >= 4 is 11.6 Å². The van der Waals surface area contributed by atoms with Crippen LogP contribution in [0.2, 0.25) is 0 Å². The molecule has 1 aliphatic carbocycles. The highest BCUT2D eigenvalue weighted by Gasteiger charge is 2.34. The molecule has 1 saturated carbocycles. The number of hydrogen-bond acceptors (Lipinski definition) is 3. The second kappa shape index (κ2) is 6.56. The molecule has 3 nitrogen and oxygen atoms in total. The Labute approximate surface area is 115 Å². The first-order valence-electron chi connectivity index (χ1n) is 7.25. The number of hydrogen-bond donors (Lipinski definition) is 2. The van der Waals surface area contributed by atoms with E-state index in [4.69, 9.17) is 16.7 Å². The van der Waals surface area contributed by atoms with E-state index < -0.39 is 0 Å². The lowest BCUT2D eigenvalue weighted by molar-refractivity contribution is 0.0228. The Hall–Kier alpha value is 0.170. The first-order valence-corrected chi connectivity index (χ1v) is 7.69. The SMILES string of the molecule is CC1CC(CN2CCC(CO)CC2)C(O)CC1Cl. The standard InChI is InChI=1S/C14H26ClNO2/c1-10-6-12(14(18)7-13(10)15)8-16-4-2-11(9-17)3-5-16/h10-14,17-18H,2-9H2,1H3. The quantitative estimate of drug-likeness (QED) is 0.771. The van der Waals surface area contributed by atoms with Crippen molar-refractivity contribution in [3.63, 3.8) is 0 Å². The van der Waals surface area contributed by atoms with Gasteiger partial charge in [0.2, 0.25) is 0 Å². The van der Waals surface area contributed by atoms with Crippen molar-refractivity contribution in [1.29, 1.82) is 0 Å². The third-order valence-corrected chi connectivity index (χ3v) is 5.37. The highest BCUT2D eigenvalue weighted by Crippen LogP contribution is 2.33. The fraction of sp³-hybridized carbons (Fsp3) is 1.00. The number of piperidine rings is 1. The Morgan fingerprint density at radius 2 is 1.89 bits per heavy atom. The normalized spacial score (nSPS) is 40.0. The van der Waals surface area contributed by atoms with Crippen LogP contribution in [0.1, 0.15) is 32.6 Å². The maximum Gasteiger partial charge on any atom is 0.0594 e. The number of rotatable bonds is 3. The largest absolute Gasteiger partial charge is 0.396 e. The highest BCUT2D eigenvalue weighted by atomic mass is 35.5. The van der Waals surface area contributed by atoms with Crippen LogP contribution in [0, 0.1) is 17.8 Å². The summed E-state index contributed by atoms with van der Waals surface area (Å²) in [6.45, 7) is 5.63. The van der Waals surface area contributed by atoms with Gasteiger partial charge in [0.25, 0.3) is 0 Å². The fourth-order valence-electron chi connectivity index (χ4n) is 3.32. The van der Waals surface area contributed by atoms with Crippen LogP contribution in [0.5, 0.6) is 0 Å². The Bertz CT molecular complexity index is 256. The Balaban J connectivity index is 1.79. The Morgan fingerprint density at radius 3 is 2.50 bits per heavy atom. The monoisotopic (exact) mass is 275 g/mol. The summed E-state index contributed by atoms with van der Waals surface area (Å²) < 4.78 is 0. The van der Waals surface area contributed by atoms with Gasteiger partial charge in [-0.3, -0.25) is 0 Å². The lowest BCUT2D eigenvalue weighted by Gasteiger charge is -2.39. The lowest BCUT2D eigenvalue weighted by atomic mass is 9.79. The predicted octanol–water partition coefficient (Wildman–Crippen LogP) is 1.71. The van der Waals surface area contributed by atoms with E-state index in [0.29, 0.717) is 24.4 Å². The van der Waals surface area contributed by atoms with Gasteiger partial charge in [0, 0.05) is 18.5 Å². The first kappa shape index (κ1) is 14.6. The number of alkyl halides is 1. The van der Waals surface area contributed by atoms with Crippen molar-refractivity contribution < 1.29 is 10.2 Å². The number of halogens is 1. The molecular weight excluding hydrogens is 250 g/mol. The summed E-state index contributed by atoms with van der Waals surface area (Å²) in [5.41, 5.74) is 0. The van der Waals surface area contributed by atoms with Gasteiger partial charge in [0.15, 0.2) is 0 Å². The van der Waals surface area contributed by atoms with Crippen LogP contribution in [0.15, 0.2) is 0 Å². The molecule has 0 amide bonds. The number of likely N-dealkylation sites (tertiary alicyclic amines) is 1. The second-order valence-electron chi connectivity index (χ2n) is 6.22. The molecule has 2 aliphatic rings. The summed E-state index contributed by atoms with van der Waals surface area (Å²) in [6, 6.07) is 0. The molecule has 2 N–H and O–H groups in total. The number of nitrogens with zero attached hydrogens (tertiary/aromatic N) is 1. The van der Waals surface area contributed by atoms with Crippen molar-refractivity contribution in [3.8, 4) is 0 Å². The zero-order valence-electron chi connectivity index (χ0n) is 11.3. The average Bonchev–Trinajstić information content (AvgIpc) is 2.37. The fourth-order valence-corrected chi connectivity index (χ4v) is 3.60. The molecule has 2 rings (SSSR count). The maximum atomic E-state index is 10.1. The van der Waals surface area contributed by atoms with E-state index in [0.717, 1.165) is 45.3 Å². The van der Waals surface area contributed by atoms with E-state index in [-0.39, 0.29) is 11.5 Å². The van der Waals surface area contributed by atoms with E-state index >= 15 is 0 Å². The molecule has 0 radical (unpaired) electrons. The second-order valence-corrected chi connectivity index (χ2v) is 6.78. The van der Waals surface area contributed by atoms with Crippen LogP contribution in [0.4, 0.5) is 0 Å². The number of aliphatic hydroxyl groups excluding tert-OH is 2. The molecular formula is C14H26ClNO2. The Kier molecular flexibility index (Phi) is 5.31. The molecule has 0 spiro atoms. The summed E-state index contributed by atoms with van der Waals surface area (Å²) in [6.07, 6.45) is 3.72. The zero-order chi connectivity index (χ0) is 13.1. The average molecular weight is 276 g/mol. The van der Waals surface area contributed by atoms with Crippen molar-refractivity contribution in [2.45, 2.75) is 44.1 Å². The molecule has 1 saturated heterocycles. The number of aliphatic hydroxyl groups is 2. The Morgan fingerprint density at radius 1 is 1.22 bits per heavy atom. The van der Waals surface area contributed by atoms with Crippen molar-refractivity contribution in [2.75, 3.05) is 26.2 Å². The smallest absolute Gasteiger partial charge is 0.0594 e. The summed E-state index contributed by atoms with van der Waals surface area (Å²) >= 11 is 6.21. The van der Waals surface area contributed by atoms with Gasteiger partial charge in [0.1, 0.15) is 0 Å². The van der Waals surface area contributed by atoms with Crippen LogP contribution >= 0.6 is 11.6 Å². The van der Waals surface area contributed by atoms with E-state index in [9.17, 15) is 5.11 Å². The van der Waals surface area contributed by atoms with Crippen LogP contribution < -0.4 is 0 Å². The molecule has 4 heteroatoms. The van der Waals surface area contributed by atoms with Gasteiger partial charge in [-0.2, -0.15) is 0 Å². The first-order chi connectivity index (χ1) is 8.60. The van der Waals surface area contributed by atoms with Gasteiger partial charge in [-0.05, 0) is 56.5 Å². The minimum Gasteiger partial charge on any atom is -0.396 e. The van der Waals surface area contributed by atoms with Crippen molar-refractivity contribution in [2.24, 2.45) is 17.8 Å². The third-order valence-electron chi connectivity index (χ3n) is 4.76. The molecule has 2 fully saturated rings. The summed E-state index contributed by atoms with van der Waals surface area (Å²) in [7, 11) is 0. The van der Waals surface area contributed by atoms with Crippen molar-refractivity contribution in [3.05, 3.63) is 0 Å². The van der Waals surface area contributed by atoms with Gasteiger partial charge in [-0.25, -0.2) is 0 Å². The van der Waals surface area contributed by atoms with Gasteiger partial charge in [-0.1, -0.05) is 6.92 Å². The molecule has 4 atom stereocenters. The maximum absolute atomic E-state index is 10.1. The summed E-state index contributed by atoms with van der Waals surface area (Å²) in [4.78, 5) is 2.45.